The molecule has 1 amide bonds. The summed E-state index contributed by atoms with van der Waals surface area (Å²) in [5, 5.41) is 11.9. The third-order valence-electron chi connectivity index (χ3n) is 5.98. The number of ether oxygens (including phenoxy) is 3. The predicted octanol–water partition coefficient (Wildman–Crippen LogP) is 5.30. The van der Waals surface area contributed by atoms with Crippen LogP contribution in [0.5, 0.6) is 17.2 Å². The minimum Gasteiger partial charge on any atom is -0.507 e. The number of benzene rings is 3. The Kier molecular flexibility index (Phi) is 6.71. The minimum absolute atomic E-state index is 0.0975. The Labute approximate surface area is 208 Å². The van der Waals surface area contributed by atoms with Gasteiger partial charge in [0.2, 0.25) is 0 Å². The molecule has 8 heteroatoms. The third-order valence-corrected chi connectivity index (χ3v) is 6.38. The van der Waals surface area contributed by atoms with Gasteiger partial charge < -0.3 is 19.3 Å². The van der Waals surface area contributed by atoms with Crippen molar-refractivity contribution in [3.63, 3.8) is 0 Å². The quantitative estimate of drug-likeness (QED) is 0.285. The van der Waals surface area contributed by atoms with Gasteiger partial charge in [-0.05, 0) is 42.8 Å². The number of methoxy groups -OCH3 is 3. The molecule has 0 spiro atoms. The zero-order chi connectivity index (χ0) is 25.3. The van der Waals surface area contributed by atoms with Gasteiger partial charge in [0.05, 0.1) is 38.5 Å². The van der Waals surface area contributed by atoms with E-state index in [4.69, 9.17) is 25.8 Å². The van der Waals surface area contributed by atoms with E-state index in [0.29, 0.717) is 27.8 Å². The molecule has 1 heterocycles. The van der Waals surface area contributed by atoms with Crippen LogP contribution in [0.1, 0.15) is 22.7 Å². The van der Waals surface area contributed by atoms with Crippen LogP contribution in [0.3, 0.4) is 0 Å². The fraction of sp³-hybridized carbons (Fsp3) is 0.185. The van der Waals surface area contributed by atoms with E-state index >= 15 is 0 Å². The van der Waals surface area contributed by atoms with Gasteiger partial charge in [0.1, 0.15) is 23.0 Å². The molecule has 1 aliphatic rings. The van der Waals surface area contributed by atoms with Crippen molar-refractivity contribution in [1.82, 2.24) is 0 Å². The number of hydrogen-bond acceptors (Lipinski definition) is 6. The number of para-hydroxylation sites is 1. The van der Waals surface area contributed by atoms with Gasteiger partial charge in [-0.15, -0.1) is 0 Å². The van der Waals surface area contributed by atoms with Crippen LogP contribution in [-0.4, -0.2) is 38.1 Å². The Morgan fingerprint density at radius 2 is 1.63 bits per heavy atom. The largest absolute Gasteiger partial charge is 0.507 e. The topological polar surface area (TPSA) is 85.3 Å². The number of carbonyl (C=O) groups is 2. The standard InChI is InChI=1S/C27H24ClNO6/c1-15-9-10-16(13-20(15)28)29-24(18-7-5-6-8-21(18)34-3)23(26(31)27(29)32)25(30)19-12-11-17(33-2)14-22(19)35-4/h5-14,24,30H,1-4H3/b25-23+. The molecule has 7 nitrogen and oxygen atoms in total. The van der Waals surface area contributed by atoms with E-state index in [9.17, 15) is 14.7 Å². The van der Waals surface area contributed by atoms with Crippen LogP contribution in [0.4, 0.5) is 5.69 Å². The van der Waals surface area contributed by atoms with E-state index < -0.39 is 17.7 Å². The second kappa shape index (κ2) is 9.72. The van der Waals surface area contributed by atoms with E-state index in [2.05, 4.69) is 0 Å². The summed E-state index contributed by atoms with van der Waals surface area (Å²) >= 11 is 6.35. The van der Waals surface area contributed by atoms with Crippen molar-refractivity contribution in [2.24, 2.45) is 0 Å². The number of nitrogens with zero attached hydrogens (tertiary/aromatic N) is 1. The lowest BCUT2D eigenvalue weighted by atomic mass is 9.94. The molecule has 0 saturated carbocycles. The van der Waals surface area contributed by atoms with Crippen molar-refractivity contribution in [2.45, 2.75) is 13.0 Å². The number of ketones is 1. The van der Waals surface area contributed by atoms with E-state index in [-0.39, 0.29) is 22.6 Å². The molecular formula is C27H24ClNO6. The second-order valence-electron chi connectivity index (χ2n) is 7.91. The first kappa shape index (κ1) is 24.2. The van der Waals surface area contributed by atoms with Crippen LogP contribution in [0, 0.1) is 6.92 Å². The van der Waals surface area contributed by atoms with Crippen molar-refractivity contribution >= 4 is 34.7 Å². The molecule has 1 fully saturated rings. The number of amides is 1. The first-order valence-corrected chi connectivity index (χ1v) is 11.1. The molecule has 0 aromatic heterocycles. The van der Waals surface area contributed by atoms with Crippen molar-refractivity contribution in [3.8, 4) is 17.2 Å². The Bertz CT molecular complexity index is 1350. The summed E-state index contributed by atoms with van der Waals surface area (Å²) in [7, 11) is 4.45. The number of aryl methyl sites for hydroxylation is 1. The Balaban J connectivity index is 2.01. The molecule has 0 radical (unpaired) electrons. The molecule has 1 aliphatic heterocycles. The Hall–Kier alpha value is -3.97. The molecule has 1 N–H and O–H groups in total. The summed E-state index contributed by atoms with van der Waals surface area (Å²) < 4.78 is 16.2. The average molecular weight is 494 g/mol. The van der Waals surface area contributed by atoms with Gasteiger partial charge in [0, 0.05) is 22.3 Å². The first-order valence-electron chi connectivity index (χ1n) is 10.7. The maximum absolute atomic E-state index is 13.4. The molecule has 3 aromatic carbocycles. The zero-order valence-corrected chi connectivity index (χ0v) is 20.4. The molecule has 180 valence electrons. The normalized spacial score (nSPS) is 16.9. The van der Waals surface area contributed by atoms with Crippen molar-refractivity contribution in [3.05, 3.63) is 87.9 Å². The maximum Gasteiger partial charge on any atom is 0.300 e. The van der Waals surface area contributed by atoms with E-state index in [0.717, 1.165) is 5.56 Å². The number of halogens is 1. The van der Waals surface area contributed by atoms with Crippen LogP contribution in [-0.2, 0) is 9.59 Å². The molecule has 1 saturated heterocycles. The summed E-state index contributed by atoms with van der Waals surface area (Å²) in [6, 6.07) is 15.9. The Morgan fingerprint density at radius 1 is 0.914 bits per heavy atom. The summed E-state index contributed by atoms with van der Waals surface area (Å²) in [6.07, 6.45) is 0. The smallest absolute Gasteiger partial charge is 0.300 e. The van der Waals surface area contributed by atoms with Gasteiger partial charge >= 0.3 is 0 Å². The number of Topliss-reactive ketones (excluding diaryl/α,β-unsaturated/α-hetero) is 1. The van der Waals surface area contributed by atoms with Crippen molar-refractivity contribution in [1.29, 1.82) is 0 Å². The van der Waals surface area contributed by atoms with Gasteiger partial charge in [-0.1, -0.05) is 35.9 Å². The van der Waals surface area contributed by atoms with Gasteiger partial charge in [-0.3, -0.25) is 14.5 Å². The van der Waals surface area contributed by atoms with E-state index in [1.807, 2.05) is 6.92 Å². The van der Waals surface area contributed by atoms with Gasteiger partial charge in [-0.25, -0.2) is 0 Å². The summed E-state index contributed by atoms with van der Waals surface area (Å²) in [4.78, 5) is 28.1. The van der Waals surface area contributed by atoms with Crippen molar-refractivity contribution < 1.29 is 28.9 Å². The molecular weight excluding hydrogens is 470 g/mol. The highest BCUT2D eigenvalue weighted by Crippen LogP contribution is 2.46. The highest BCUT2D eigenvalue weighted by Gasteiger charge is 2.48. The van der Waals surface area contributed by atoms with Crippen LogP contribution in [0.15, 0.2) is 66.2 Å². The molecule has 1 unspecified atom stereocenters. The lowest BCUT2D eigenvalue weighted by Crippen LogP contribution is -2.29. The highest BCUT2D eigenvalue weighted by atomic mass is 35.5. The fourth-order valence-corrected chi connectivity index (χ4v) is 4.33. The molecule has 1 atom stereocenters. The molecule has 4 rings (SSSR count). The lowest BCUT2D eigenvalue weighted by molar-refractivity contribution is -0.132. The molecule has 0 bridgehead atoms. The van der Waals surface area contributed by atoms with E-state index in [1.165, 1.54) is 26.2 Å². The zero-order valence-electron chi connectivity index (χ0n) is 19.7. The number of hydrogen-bond donors (Lipinski definition) is 1. The van der Waals surface area contributed by atoms with Gasteiger partial charge in [0.25, 0.3) is 11.7 Å². The number of anilines is 1. The SMILES string of the molecule is COc1ccc(/C(O)=C2\C(=O)C(=O)N(c3ccc(C)c(Cl)c3)C2c2ccccc2OC)c(OC)c1. The van der Waals surface area contributed by atoms with Crippen LogP contribution in [0.2, 0.25) is 5.02 Å². The molecule has 3 aromatic rings. The third kappa shape index (κ3) is 4.19. The summed E-state index contributed by atoms with van der Waals surface area (Å²) in [6.45, 7) is 1.84. The maximum atomic E-state index is 13.4. The number of rotatable bonds is 6. The Morgan fingerprint density at radius 3 is 2.29 bits per heavy atom. The van der Waals surface area contributed by atoms with Crippen molar-refractivity contribution in [2.75, 3.05) is 26.2 Å². The minimum atomic E-state index is -0.975. The number of aliphatic hydroxyl groups excluding tert-OH is 1. The number of aliphatic hydroxyl groups is 1. The van der Waals surface area contributed by atoms with E-state index in [1.54, 1.807) is 60.7 Å². The summed E-state index contributed by atoms with van der Waals surface area (Å²) in [5.41, 5.74) is 1.91. The monoisotopic (exact) mass is 493 g/mol. The van der Waals surface area contributed by atoms with Crippen LogP contribution in [0.25, 0.3) is 5.76 Å². The molecule has 0 aliphatic carbocycles. The lowest BCUT2D eigenvalue weighted by Gasteiger charge is -2.27. The molecule has 35 heavy (non-hydrogen) atoms. The van der Waals surface area contributed by atoms with Crippen LogP contribution < -0.4 is 19.1 Å². The fourth-order valence-electron chi connectivity index (χ4n) is 4.16. The second-order valence-corrected chi connectivity index (χ2v) is 8.32. The summed E-state index contributed by atoms with van der Waals surface area (Å²) in [5.74, 6) is -0.767. The highest BCUT2D eigenvalue weighted by molar-refractivity contribution is 6.52. The predicted molar refractivity (Wildman–Crippen MR) is 134 cm³/mol. The van der Waals surface area contributed by atoms with Gasteiger partial charge in [0.15, 0.2) is 0 Å². The number of carbonyl (C=O) groups excluding carboxylic acids is 2. The van der Waals surface area contributed by atoms with Crippen LogP contribution >= 0.6 is 11.6 Å². The first-order chi connectivity index (χ1) is 16.8. The van der Waals surface area contributed by atoms with Gasteiger partial charge in [-0.2, -0.15) is 0 Å². The average Bonchev–Trinajstić information content (AvgIpc) is 3.14.